The summed E-state index contributed by atoms with van der Waals surface area (Å²) in [5.41, 5.74) is 0.736. The minimum Gasteiger partial charge on any atom is -0.507 e. The van der Waals surface area contributed by atoms with Crippen LogP contribution in [-0.4, -0.2) is 16.9 Å². The van der Waals surface area contributed by atoms with E-state index < -0.39 is 11.8 Å². The van der Waals surface area contributed by atoms with Gasteiger partial charge in [0, 0.05) is 11.6 Å². The molecule has 1 aromatic rings. The Morgan fingerprint density at radius 2 is 1.94 bits per heavy atom. The van der Waals surface area contributed by atoms with Gasteiger partial charge in [-0.1, -0.05) is 6.58 Å². The van der Waals surface area contributed by atoms with Crippen LogP contribution < -0.4 is 4.74 Å². The quantitative estimate of drug-likeness (QED) is 0.641. The molecule has 0 aliphatic rings. The second kappa shape index (κ2) is 5.12. The highest BCUT2D eigenvalue weighted by Crippen LogP contribution is 2.28. The molecule has 0 bridgehead atoms. The first kappa shape index (κ1) is 14.1. The second-order valence-corrected chi connectivity index (χ2v) is 5.03. The van der Waals surface area contributed by atoms with Gasteiger partial charge in [0.1, 0.15) is 17.1 Å². The Labute approximate surface area is 107 Å². The van der Waals surface area contributed by atoms with Crippen LogP contribution in [0.2, 0.25) is 0 Å². The molecular formula is C14H18O4. The zero-order valence-corrected chi connectivity index (χ0v) is 11.1. The molecule has 0 amide bonds. The number of carbonyl (C=O) groups is 1. The Kier molecular flexibility index (Phi) is 4.01. The van der Waals surface area contributed by atoms with Crippen molar-refractivity contribution in [2.45, 2.75) is 33.3 Å². The minimum absolute atomic E-state index is 0.0172. The lowest BCUT2D eigenvalue weighted by Gasteiger charge is -2.18. The van der Waals surface area contributed by atoms with Gasteiger partial charge >= 0.3 is 6.16 Å². The lowest BCUT2D eigenvalue weighted by molar-refractivity contribution is 0.0206. The Morgan fingerprint density at radius 3 is 2.39 bits per heavy atom. The number of phenolic OH excluding ortho intramolecular Hbond substituents is 1. The summed E-state index contributed by atoms with van der Waals surface area (Å²) in [5.74, 6) is 0.246. The van der Waals surface area contributed by atoms with Gasteiger partial charge in [-0.2, -0.15) is 0 Å². The summed E-state index contributed by atoms with van der Waals surface area (Å²) < 4.78 is 9.95. The Balaban J connectivity index is 2.78. The van der Waals surface area contributed by atoms with E-state index in [4.69, 9.17) is 9.47 Å². The van der Waals surface area contributed by atoms with Crippen LogP contribution in [0.5, 0.6) is 11.5 Å². The average Bonchev–Trinajstić information content (AvgIpc) is 2.13. The summed E-state index contributed by atoms with van der Waals surface area (Å²) in [4.78, 5) is 11.4. The fourth-order valence-electron chi connectivity index (χ4n) is 1.30. The molecule has 0 aliphatic heterocycles. The van der Waals surface area contributed by atoms with Gasteiger partial charge in [0.15, 0.2) is 0 Å². The first-order valence-corrected chi connectivity index (χ1v) is 5.59. The van der Waals surface area contributed by atoms with Gasteiger partial charge in [0.05, 0.1) is 0 Å². The first-order chi connectivity index (χ1) is 8.19. The van der Waals surface area contributed by atoms with Gasteiger partial charge in [-0.05, 0) is 45.4 Å². The standard InChI is InChI=1S/C14H18O4/c1-9(2)11-7-6-10(8-12(11)15)17-13(16)18-14(3,4)5/h6-8,15H,1H2,2-5H3. The number of carbonyl (C=O) groups excluding carboxylic acids is 1. The number of phenols is 1. The Hall–Kier alpha value is -1.97. The summed E-state index contributed by atoms with van der Waals surface area (Å²) in [7, 11) is 0. The summed E-state index contributed by atoms with van der Waals surface area (Å²) >= 11 is 0. The van der Waals surface area contributed by atoms with Gasteiger partial charge in [0.2, 0.25) is 0 Å². The molecule has 0 aliphatic carbocycles. The molecule has 0 atom stereocenters. The molecule has 4 heteroatoms. The Bertz CT molecular complexity index is 469. The van der Waals surface area contributed by atoms with Crippen molar-refractivity contribution in [1.82, 2.24) is 0 Å². The molecule has 1 aromatic carbocycles. The summed E-state index contributed by atoms with van der Waals surface area (Å²) in [6.07, 6.45) is -0.801. The van der Waals surface area contributed by atoms with Gasteiger partial charge in [-0.15, -0.1) is 0 Å². The van der Waals surface area contributed by atoms with Crippen LogP contribution in [0, 0.1) is 0 Å². The molecule has 4 nitrogen and oxygen atoms in total. The maximum absolute atomic E-state index is 11.4. The van der Waals surface area contributed by atoms with E-state index in [1.165, 1.54) is 6.07 Å². The van der Waals surface area contributed by atoms with Crippen LogP contribution in [0.15, 0.2) is 24.8 Å². The lowest BCUT2D eigenvalue weighted by atomic mass is 10.1. The van der Waals surface area contributed by atoms with E-state index in [1.807, 2.05) is 0 Å². The van der Waals surface area contributed by atoms with Crippen molar-refractivity contribution in [3.8, 4) is 11.5 Å². The van der Waals surface area contributed by atoms with Crippen molar-refractivity contribution >= 4 is 11.7 Å². The first-order valence-electron chi connectivity index (χ1n) is 5.59. The van der Waals surface area contributed by atoms with Gasteiger partial charge in [0.25, 0.3) is 0 Å². The van der Waals surface area contributed by atoms with Gasteiger partial charge < -0.3 is 14.6 Å². The topological polar surface area (TPSA) is 55.8 Å². The molecule has 0 radical (unpaired) electrons. The largest absolute Gasteiger partial charge is 0.514 e. The number of allylic oxidation sites excluding steroid dienone is 1. The molecule has 0 heterocycles. The molecule has 0 fully saturated rings. The van der Waals surface area contributed by atoms with E-state index in [1.54, 1.807) is 39.8 Å². The van der Waals surface area contributed by atoms with E-state index in [-0.39, 0.29) is 11.5 Å². The number of hydrogen-bond acceptors (Lipinski definition) is 4. The van der Waals surface area contributed by atoms with Crippen molar-refractivity contribution < 1.29 is 19.4 Å². The van der Waals surface area contributed by atoms with Crippen molar-refractivity contribution in [1.29, 1.82) is 0 Å². The highest BCUT2D eigenvalue weighted by molar-refractivity contribution is 5.69. The van der Waals surface area contributed by atoms with Crippen LogP contribution in [0.4, 0.5) is 4.79 Å². The predicted molar refractivity (Wildman–Crippen MR) is 69.7 cm³/mol. The summed E-state index contributed by atoms with van der Waals surface area (Å²) in [6, 6.07) is 4.57. The monoisotopic (exact) mass is 250 g/mol. The maximum Gasteiger partial charge on any atom is 0.514 e. The average molecular weight is 250 g/mol. The third kappa shape index (κ3) is 4.13. The Morgan fingerprint density at radius 1 is 1.33 bits per heavy atom. The number of aromatic hydroxyl groups is 1. The summed E-state index contributed by atoms with van der Waals surface area (Å²) in [5, 5.41) is 9.71. The second-order valence-electron chi connectivity index (χ2n) is 5.03. The molecule has 18 heavy (non-hydrogen) atoms. The molecule has 0 unspecified atom stereocenters. The number of rotatable bonds is 2. The number of benzene rings is 1. The highest BCUT2D eigenvalue weighted by Gasteiger charge is 2.18. The molecule has 0 saturated heterocycles. The van der Waals surface area contributed by atoms with Crippen LogP contribution in [0.1, 0.15) is 33.3 Å². The predicted octanol–water partition coefficient (Wildman–Crippen LogP) is 3.74. The fraction of sp³-hybridized carbons (Fsp3) is 0.357. The van der Waals surface area contributed by atoms with Crippen molar-refractivity contribution in [3.63, 3.8) is 0 Å². The normalized spacial score (nSPS) is 10.9. The SMILES string of the molecule is C=C(C)c1ccc(OC(=O)OC(C)(C)C)cc1O. The van der Waals surface area contributed by atoms with Crippen LogP contribution in [0.25, 0.3) is 5.57 Å². The van der Waals surface area contributed by atoms with E-state index in [9.17, 15) is 9.90 Å². The molecule has 1 rings (SSSR count). The third-order valence-electron chi connectivity index (χ3n) is 2.02. The molecule has 0 spiro atoms. The van der Waals surface area contributed by atoms with Crippen molar-refractivity contribution in [3.05, 3.63) is 30.3 Å². The lowest BCUT2D eigenvalue weighted by Crippen LogP contribution is -2.25. The molecule has 0 aromatic heterocycles. The third-order valence-corrected chi connectivity index (χ3v) is 2.02. The van der Waals surface area contributed by atoms with Gasteiger partial charge in [-0.25, -0.2) is 4.79 Å². The maximum atomic E-state index is 11.4. The molecule has 0 saturated carbocycles. The van der Waals surface area contributed by atoms with Crippen molar-refractivity contribution in [2.24, 2.45) is 0 Å². The van der Waals surface area contributed by atoms with Crippen LogP contribution in [-0.2, 0) is 4.74 Å². The molecular weight excluding hydrogens is 232 g/mol. The molecule has 98 valence electrons. The van der Waals surface area contributed by atoms with E-state index >= 15 is 0 Å². The fourth-order valence-corrected chi connectivity index (χ4v) is 1.30. The van der Waals surface area contributed by atoms with E-state index in [2.05, 4.69) is 6.58 Å². The van der Waals surface area contributed by atoms with Crippen molar-refractivity contribution in [2.75, 3.05) is 0 Å². The van der Waals surface area contributed by atoms with Crippen LogP contribution >= 0.6 is 0 Å². The zero-order chi connectivity index (χ0) is 13.9. The van der Waals surface area contributed by atoms with E-state index in [0.29, 0.717) is 5.56 Å². The highest BCUT2D eigenvalue weighted by atomic mass is 16.7. The smallest absolute Gasteiger partial charge is 0.507 e. The van der Waals surface area contributed by atoms with Gasteiger partial charge in [-0.3, -0.25) is 0 Å². The van der Waals surface area contributed by atoms with E-state index in [0.717, 1.165) is 5.57 Å². The minimum atomic E-state index is -0.801. The summed E-state index contributed by atoms with van der Waals surface area (Å²) in [6.45, 7) is 10.8. The number of ether oxygens (including phenoxy) is 2. The number of hydrogen-bond donors (Lipinski definition) is 1. The molecule has 1 N–H and O–H groups in total. The van der Waals surface area contributed by atoms with Crippen LogP contribution in [0.3, 0.4) is 0 Å². The zero-order valence-electron chi connectivity index (χ0n) is 11.1.